The molecule has 0 radical (unpaired) electrons. The molecule has 0 N–H and O–H groups in total. The van der Waals surface area contributed by atoms with E-state index in [2.05, 4.69) is 139 Å². The summed E-state index contributed by atoms with van der Waals surface area (Å²) >= 11 is -4.07. The van der Waals surface area contributed by atoms with E-state index < -0.39 is 18.4 Å². The van der Waals surface area contributed by atoms with Gasteiger partial charge in [-0.1, -0.05) is 0 Å². The fourth-order valence-corrected chi connectivity index (χ4v) is 22.1. The van der Waals surface area contributed by atoms with Crippen LogP contribution in [0.15, 0.2) is 103 Å². The summed E-state index contributed by atoms with van der Waals surface area (Å²) in [4.78, 5) is 16.1. The molecule has 3 aliphatic rings. The van der Waals surface area contributed by atoms with Gasteiger partial charge in [-0.05, 0) is 0 Å². The molecule has 0 unspecified atom stereocenters. The molecule has 0 heterocycles. The van der Waals surface area contributed by atoms with Crippen LogP contribution < -0.4 is 10.7 Å². The minimum absolute atomic E-state index is 0.0535. The van der Waals surface area contributed by atoms with Gasteiger partial charge in [0, 0.05) is 0 Å². The van der Waals surface area contributed by atoms with Crippen molar-refractivity contribution in [2.24, 2.45) is 17.3 Å². The third kappa shape index (κ3) is 4.85. The molecule has 1 saturated carbocycles. The Kier molecular flexibility index (Phi) is 8.01. The molecule has 3 aliphatic carbocycles. The number of hydrogen-bond donors (Lipinski definition) is 0. The fourth-order valence-electron chi connectivity index (χ4n) is 7.34. The molecule has 204 valence electrons. The van der Waals surface area contributed by atoms with Crippen LogP contribution in [0.3, 0.4) is 0 Å². The summed E-state index contributed by atoms with van der Waals surface area (Å²) in [6.07, 6.45) is 4.50. The van der Waals surface area contributed by atoms with E-state index in [0.29, 0.717) is 11.8 Å². The van der Waals surface area contributed by atoms with Crippen molar-refractivity contribution in [2.45, 2.75) is 70.6 Å². The SMILES string of the molecule is CC(C)N(C(=O)O[C@H](C1=CC[C@H]2C[C@@H]1C2(C)C)[Sn]([c]1ccccc1)([c]1ccccc1)[c]1ccccc1)C(C)C. The van der Waals surface area contributed by atoms with Gasteiger partial charge in [-0.25, -0.2) is 0 Å². The summed E-state index contributed by atoms with van der Waals surface area (Å²) in [7, 11) is 0. The van der Waals surface area contributed by atoms with Gasteiger partial charge in [0.05, 0.1) is 0 Å². The number of nitrogens with zero attached hydrogens (tertiary/aromatic N) is 1. The first-order chi connectivity index (χ1) is 18.7. The van der Waals surface area contributed by atoms with E-state index in [4.69, 9.17) is 4.74 Å². The van der Waals surface area contributed by atoms with Crippen molar-refractivity contribution >= 4 is 35.2 Å². The van der Waals surface area contributed by atoms with Gasteiger partial charge in [0.2, 0.25) is 0 Å². The quantitative estimate of drug-likeness (QED) is 0.216. The summed E-state index contributed by atoms with van der Waals surface area (Å²) in [5, 5.41) is 0. The number of carbonyl (C=O) groups excluding carboxylic acids is 1. The Balaban J connectivity index is 1.81. The normalized spacial score (nSPS) is 20.7. The molecular formula is C35H43NO2Sn. The monoisotopic (exact) mass is 629 g/mol. The average molecular weight is 628 g/mol. The van der Waals surface area contributed by atoms with E-state index in [1.165, 1.54) is 22.7 Å². The number of carbonyl (C=O) groups is 1. The summed E-state index contributed by atoms with van der Waals surface area (Å²) in [5.41, 5.74) is 1.57. The van der Waals surface area contributed by atoms with E-state index in [0.717, 1.165) is 6.42 Å². The van der Waals surface area contributed by atoms with Gasteiger partial charge < -0.3 is 0 Å². The summed E-state index contributed by atoms with van der Waals surface area (Å²) in [5.74, 6) is 1.13. The Bertz CT molecular complexity index is 1200. The van der Waals surface area contributed by atoms with Crippen molar-refractivity contribution in [3.63, 3.8) is 0 Å². The number of benzene rings is 3. The molecule has 0 spiro atoms. The molecule has 0 aromatic heterocycles. The third-order valence-corrected chi connectivity index (χ3v) is 23.6. The van der Waals surface area contributed by atoms with Crippen LogP contribution in [-0.2, 0) is 4.74 Å². The predicted octanol–water partition coefficient (Wildman–Crippen LogP) is 6.31. The first-order valence-electron chi connectivity index (χ1n) is 14.5. The zero-order valence-corrected chi connectivity index (χ0v) is 27.2. The first-order valence-corrected chi connectivity index (χ1v) is 20.5. The Morgan fingerprint density at radius 2 is 1.23 bits per heavy atom. The van der Waals surface area contributed by atoms with Crippen molar-refractivity contribution in [2.75, 3.05) is 0 Å². The van der Waals surface area contributed by atoms with Crippen LogP contribution in [0.2, 0.25) is 0 Å². The topological polar surface area (TPSA) is 29.5 Å². The summed E-state index contributed by atoms with van der Waals surface area (Å²) < 4.78 is 10.7. The average Bonchev–Trinajstić information content (AvgIpc) is 2.94. The van der Waals surface area contributed by atoms with Crippen molar-refractivity contribution in [3.8, 4) is 0 Å². The van der Waals surface area contributed by atoms with Gasteiger partial charge in [0.25, 0.3) is 0 Å². The Morgan fingerprint density at radius 3 is 1.59 bits per heavy atom. The molecule has 6 rings (SSSR count). The molecule has 4 heteroatoms. The van der Waals surface area contributed by atoms with Crippen LogP contribution in [-0.4, -0.2) is 45.6 Å². The van der Waals surface area contributed by atoms with E-state index in [1.54, 1.807) is 0 Å². The number of allylic oxidation sites excluding steroid dienone is 1. The van der Waals surface area contributed by atoms with Crippen LogP contribution in [0.4, 0.5) is 4.79 Å². The van der Waals surface area contributed by atoms with E-state index in [1.807, 2.05) is 4.90 Å². The molecule has 3 aromatic rings. The standard InChI is InChI=1S/C17H28NO2.3C6H5.Sn/c1-11(2)18(12(3)4)16(19)20-10-13-7-8-14-9-15(13)17(14,5)6;3*1-2-4-6-5-3-1;/h7,10-12,14-15H,8-9H2,1-6H3;3*1-5H;/t14-,15-;;;;/m0..../s1. The van der Waals surface area contributed by atoms with Gasteiger partial charge in [0.15, 0.2) is 0 Å². The number of rotatable bonds is 8. The second-order valence-electron chi connectivity index (χ2n) is 12.5. The van der Waals surface area contributed by atoms with Crippen LogP contribution in [0, 0.1) is 17.3 Å². The van der Waals surface area contributed by atoms with Crippen molar-refractivity contribution in [1.29, 1.82) is 0 Å². The van der Waals surface area contributed by atoms with Crippen molar-refractivity contribution in [1.82, 2.24) is 4.90 Å². The number of amides is 1. The molecule has 1 fully saturated rings. The molecule has 2 bridgehead atoms. The number of ether oxygens (including phenoxy) is 1. The Morgan fingerprint density at radius 1 is 0.795 bits per heavy atom. The van der Waals surface area contributed by atoms with Gasteiger partial charge >= 0.3 is 240 Å². The summed E-state index contributed by atoms with van der Waals surface area (Å²) in [6.45, 7) is 13.2. The maximum atomic E-state index is 14.2. The van der Waals surface area contributed by atoms with E-state index in [-0.39, 0.29) is 27.7 Å². The van der Waals surface area contributed by atoms with E-state index >= 15 is 0 Å². The molecule has 3 aromatic carbocycles. The molecule has 0 saturated heterocycles. The van der Waals surface area contributed by atoms with Gasteiger partial charge in [0.1, 0.15) is 0 Å². The van der Waals surface area contributed by atoms with Crippen LogP contribution >= 0.6 is 0 Å². The molecule has 3 atom stereocenters. The predicted molar refractivity (Wildman–Crippen MR) is 164 cm³/mol. The van der Waals surface area contributed by atoms with Crippen LogP contribution in [0.1, 0.15) is 54.4 Å². The fraction of sp³-hybridized carbons (Fsp3) is 0.400. The van der Waals surface area contributed by atoms with Crippen LogP contribution in [0.5, 0.6) is 0 Å². The Hall–Kier alpha value is -2.53. The minimum atomic E-state index is -4.07. The molecule has 0 aliphatic heterocycles. The maximum absolute atomic E-state index is 14.2. The summed E-state index contributed by atoms with van der Waals surface area (Å²) in [6, 6.07) is 33.0. The third-order valence-electron chi connectivity index (χ3n) is 9.44. The van der Waals surface area contributed by atoms with Crippen molar-refractivity contribution < 1.29 is 9.53 Å². The molecular weight excluding hydrogens is 585 g/mol. The zero-order valence-electron chi connectivity index (χ0n) is 24.3. The van der Waals surface area contributed by atoms with Gasteiger partial charge in [-0.2, -0.15) is 0 Å². The van der Waals surface area contributed by atoms with Gasteiger partial charge in [-0.15, -0.1) is 0 Å². The number of fused-ring (bicyclic) bond motifs is 1. The second kappa shape index (κ2) is 11.2. The van der Waals surface area contributed by atoms with E-state index in [9.17, 15) is 4.79 Å². The molecule has 3 nitrogen and oxygen atoms in total. The molecule has 39 heavy (non-hydrogen) atoms. The number of hydrogen-bond acceptors (Lipinski definition) is 2. The zero-order chi connectivity index (χ0) is 27.8. The van der Waals surface area contributed by atoms with Crippen molar-refractivity contribution in [3.05, 3.63) is 103 Å². The second-order valence-corrected chi connectivity index (χ2v) is 23.6. The van der Waals surface area contributed by atoms with Gasteiger partial charge in [-0.3, -0.25) is 0 Å². The molecule has 1 amide bonds. The Labute approximate surface area is 239 Å². The van der Waals surface area contributed by atoms with Crippen LogP contribution in [0.25, 0.3) is 0 Å². The first kappa shape index (κ1) is 28.0.